The van der Waals surface area contributed by atoms with Gasteiger partial charge in [0, 0.05) is 111 Å². The molecule has 0 saturated carbocycles. The molecule has 602 valence electrons. The highest BCUT2D eigenvalue weighted by Gasteiger charge is 2.49. The standard InChI is InChI=1S/C76H115N9O23/c1-15-44(6)64(57(104-13)39-62(92)84-34-21-25-52(84)69(105-14)46(8)54(86)36-45(7)65(93)48-22-17-16-18-23-48)82(10)73(99)49(42(2)3)38-55(87)63(43(4)5)83(11)76(102)106-41-47-26-27-56(107-75-68(96)66(94)67(95)70(108-75)74(100)101)51(37-47)80-59(89)30-33-79-71(97)50(24-19-20-32-78-58(88)31-35-103-12)81-72(98)53(40-77-9)85-60(90)28-29-61(85)91/h16-18,22-23,26-29,37,42-46,49-50,52-53,57,63-70,75,77,93-96H,15,19-21,24-25,30-36,38-41H2,1-14H3,(H,78,88)(H,79,97)(H,80,89)(H,81,98)(H,100,101)/t44-,45-,46-,49-,50-,52-,53-,57+,63-,64-,65+,66-,67-,68+,69+,70-,75+/m0/s1. The number of carboxylic acids is 1. The van der Waals surface area contributed by atoms with Gasteiger partial charge in [0.05, 0.1) is 55.2 Å². The Labute approximate surface area is 632 Å². The third-order valence-electron chi connectivity index (χ3n) is 20.4. The Morgan fingerprint density at radius 2 is 1.42 bits per heavy atom. The van der Waals surface area contributed by atoms with Crippen molar-refractivity contribution in [3.8, 4) is 5.75 Å². The van der Waals surface area contributed by atoms with Gasteiger partial charge in [-0.3, -0.25) is 52.8 Å². The van der Waals surface area contributed by atoms with Gasteiger partial charge in [-0.25, -0.2) is 9.59 Å². The zero-order valence-corrected chi connectivity index (χ0v) is 64.6. The van der Waals surface area contributed by atoms with Crippen LogP contribution in [-0.2, 0) is 83.0 Å². The number of ether oxygens (including phenoxy) is 6. The van der Waals surface area contributed by atoms with Gasteiger partial charge in [-0.05, 0) is 86.1 Å². The molecule has 32 nitrogen and oxygen atoms in total. The first-order chi connectivity index (χ1) is 51.2. The number of likely N-dealkylation sites (tertiary alicyclic amines) is 1. The van der Waals surface area contributed by atoms with E-state index in [2.05, 4.69) is 26.6 Å². The van der Waals surface area contributed by atoms with E-state index in [0.717, 1.165) is 22.0 Å². The van der Waals surface area contributed by atoms with E-state index in [1.54, 1.807) is 37.6 Å². The topological polar surface area (TPSA) is 434 Å². The zero-order chi connectivity index (χ0) is 80.4. The number of rotatable bonds is 45. The number of amides is 9. The summed E-state index contributed by atoms with van der Waals surface area (Å²) in [6, 6.07) is 8.17. The molecule has 10 N–H and O–H groups in total. The predicted molar refractivity (Wildman–Crippen MR) is 392 cm³/mol. The summed E-state index contributed by atoms with van der Waals surface area (Å²) in [6.45, 7) is 14.4. The van der Waals surface area contributed by atoms with Crippen molar-refractivity contribution in [2.45, 2.75) is 212 Å². The zero-order valence-electron chi connectivity index (χ0n) is 64.6. The van der Waals surface area contributed by atoms with Crippen molar-refractivity contribution in [1.29, 1.82) is 0 Å². The van der Waals surface area contributed by atoms with Crippen molar-refractivity contribution in [2.75, 3.05) is 80.6 Å². The van der Waals surface area contributed by atoms with Crippen LogP contribution in [0.15, 0.2) is 60.7 Å². The van der Waals surface area contributed by atoms with Crippen LogP contribution in [0.25, 0.3) is 0 Å². The van der Waals surface area contributed by atoms with Crippen molar-refractivity contribution in [1.82, 2.24) is 40.9 Å². The number of carbonyl (C=O) groups is 12. The molecule has 17 atom stereocenters. The number of benzene rings is 2. The molecular formula is C76H115N9O23. The molecule has 0 unspecified atom stereocenters. The number of likely N-dealkylation sites (N-methyl/N-ethyl adjacent to an activating group) is 3. The van der Waals surface area contributed by atoms with Crippen molar-refractivity contribution < 1.29 is 111 Å². The average molecular weight is 1520 g/mol. The van der Waals surface area contributed by atoms with Gasteiger partial charge in [0.15, 0.2) is 11.9 Å². The smallest absolute Gasteiger partial charge is 0.410 e. The van der Waals surface area contributed by atoms with Crippen molar-refractivity contribution in [2.24, 2.45) is 35.5 Å². The van der Waals surface area contributed by atoms with Crippen LogP contribution in [0.5, 0.6) is 5.75 Å². The molecule has 32 heteroatoms. The number of carboxylic acid groups (broad SMARTS) is 1. The molecule has 0 aliphatic carbocycles. The van der Waals surface area contributed by atoms with Crippen LogP contribution in [0.3, 0.4) is 0 Å². The van der Waals surface area contributed by atoms with Crippen LogP contribution in [0.1, 0.15) is 143 Å². The van der Waals surface area contributed by atoms with Gasteiger partial charge >= 0.3 is 12.1 Å². The molecule has 0 aromatic heterocycles. The number of hydrogen-bond donors (Lipinski definition) is 10. The molecule has 0 spiro atoms. The second kappa shape index (κ2) is 43.7. The number of methoxy groups -OCH3 is 3. The summed E-state index contributed by atoms with van der Waals surface area (Å²) in [5, 5.41) is 66.1. The summed E-state index contributed by atoms with van der Waals surface area (Å²) >= 11 is 0. The van der Waals surface area contributed by atoms with E-state index in [-0.39, 0.29) is 117 Å². The van der Waals surface area contributed by atoms with Crippen LogP contribution >= 0.6 is 0 Å². The third kappa shape index (κ3) is 24.8. The van der Waals surface area contributed by atoms with Gasteiger partial charge in [0.1, 0.15) is 48.5 Å². The number of imide groups is 1. The number of nitrogens with one attached hydrogen (secondary N) is 5. The van der Waals surface area contributed by atoms with E-state index in [1.165, 1.54) is 53.6 Å². The average Bonchev–Trinajstić information content (AvgIpc) is 0.896. The maximum Gasteiger partial charge on any atom is 0.410 e. The van der Waals surface area contributed by atoms with Crippen LogP contribution in [0.2, 0.25) is 0 Å². The van der Waals surface area contributed by atoms with Crippen molar-refractivity contribution in [3.05, 3.63) is 71.8 Å². The van der Waals surface area contributed by atoms with Gasteiger partial charge in [0.25, 0.3) is 11.8 Å². The van der Waals surface area contributed by atoms with Gasteiger partial charge < -0.3 is 95.2 Å². The van der Waals surface area contributed by atoms with Crippen LogP contribution in [-0.4, -0.2) is 264 Å². The molecule has 5 rings (SSSR count). The molecule has 3 aliphatic heterocycles. The number of ketones is 2. The number of unbranched alkanes of at least 4 members (excludes halogenated alkanes) is 1. The van der Waals surface area contributed by atoms with E-state index >= 15 is 4.79 Å². The van der Waals surface area contributed by atoms with E-state index in [4.69, 9.17) is 28.4 Å². The fourth-order valence-electron chi connectivity index (χ4n) is 14.0. The van der Waals surface area contributed by atoms with Gasteiger partial charge in [0.2, 0.25) is 41.7 Å². The van der Waals surface area contributed by atoms with Gasteiger partial charge in [-0.1, -0.05) is 98.2 Å². The number of Topliss-reactive ketones (excluding diaryl/α,β-unsaturated/α-hetero) is 2. The number of nitrogens with zero attached hydrogens (tertiary/aromatic N) is 4. The number of carbonyl (C=O) groups excluding carboxylic acids is 11. The molecule has 2 fully saturated rings. The first-order valence-corrected chi connectivity index (χ1v) is 37.0. The summed E-state index contributed by atoms with van der Waals surface area (Å²) in [5.41, 5.74) is 0.694. The van der Waals surface area contributed by atoms with Gasteiger partial charge in [-0.2, -0.15) is 0 Å². The molecule has 3 heterocycles. The van der Waals surface area contributed by atoms with E-state index in [1.807, 2.05) is 65.0 Å². The lowest BCUT2D eigenvalue weighted by molar-refractivity contribution is -0.271. The maximum atomic E-state index is 15.0. The lowest BCUT2D eigenvalue weighted by Gasteiger charge is -2.41. The molecular weight excluding hydrogens is 1410 g/mol. The number of aliphatic hydroxyl groups excluding tert-OH is 4. The predicted octanol–water partition coefficient (Wildman–Crippen LogP) is 2.80. The monoisotopic (exact) mass is 1520 g/mol. The number of aliphatic carboxylic acids is 1. The highest BCUT2D eigenvalue weighted by molar-refractivity contribution is 6.15. The Morgan fingerprint density at radius 3 is 2.02 bits per heavy atom. The summed E-state index contributed by atoms with van der Waals surface area (Å²) in [6.07, 6.45) is -9.65. The first kappa shape index (κ1) is 90.3. The van der Waals surface area contributed by atoms with Crippen LogP contribution < -0.4 is 31.3 Å². The molecule has 0 radical (unpaired) electrons. The Bertz CT molecular complexity index is 3380. The molecule has 0 bridgehead atoms. The molecule has 2 aromatic carbocycles. The molecule has 2 saturated heterocycles. The molecule has 108 heavy (non-hydrogen) atoms. The lowest BCUT2D eigenvalue weighted by atomic mass is 9.83. The van der Waals surface area contributed by atoms with E-state index in [9.17, 15) is 78.3 Å². The Balaban J connectivity index is 1.30. The normalized spacial score (nSPS) is 21.0. The quantitative estimate of drug-likeness (QED) is 0.0337. The minimum absolute atomic E-state index is 0.00611. The number of aliphatic hydroxyl groups is 4. The summed E-state index contributed by atoms with van der Waals surface area (Å²) in [7, 11) is 8.95. The second-order valence-corrected chi connectivity index (χ2v) is 28.8. The highest BCUT2D eigenvalue weighted by atomic mass is 16.7. The Hall–Kier alpha value is -8.34. The molecule has 9 amide bonds. The fraction of sp³-hybridized carbons (Fsp3) is 0.658. The Morgan fingerprint density at radius 1 is 0.741 bits per heavy atom. The first-order valence-electron chi connectivity index (χ1n) is 37.0. The van der Waals surface area contributed by atoms with E-state index < -0.39 is 163 Å². The summed E-state index contributed by atoms with van der Waals surface area (Å²) < 4.78 is 34.1. The third-order valence-corrected chi connectivity index (χ3v) is 20.4. The van der Waals surface area contributed by atoms with Crippen LogP contribution in [0, 0.1) is 35.5 Å². The minimum Gasteiger partial charge on any atom is -0.479 e. The Kier molecular flexibility index (Phi) is 36.6. The van der Waals surface area contributed by atoms with Gasteiger partial charge in [-0.15, -0.1) is 0 Å². The van der Waals surface area contributed by atoms with Crippen molar-refractivity contribution in [3.63, 3.8) is 0 Å². The summed E-state index contributed by atoms with van der Waals surface area (Å²) in [4.78, 5) is 169. The minimum atomic E-state index is -2.08. The lowest BCUT2D eigenvalue weighted by Crippen LogP contribution is -2.61. The highest BCUT2D eigenvalue weighted by Crippen LogP contribution is 2.35. The number of anilines is 1. The molecule has 3 aliphatic rings. The van der Waals surface area contributed by atoms with E-state index in [0.29, 0.717) is 37.8 Å². The number of hydrogen-bond acceptors (Lipinski definition) is 23. The second-order valence-electron chi connectivity index (χ2n) is 28.8. The van der Waals surface area contributed by atoms with Crippen molar-refractivity contribution >= 4 is 76.6 Å². The largest absolute Gasteiger partial charge is 0.479 e. The SMILES string of the molecule is CC[C@H](C)[C@@H]([C@@H](CC(=O)N1CCC[C@H]1[C@H](OC)[C@@H](C)C(=O)C[C@H](C)[C@@H](O)c1ccccc1)OC)N(C)C(=O)[C@@H](CC(=O)[C@H](C(C)C)N(C)C(=O)OCc1ccc(O[C@@H]2O[C@H](C(=O)O)[C@@H](O)[C@H](O)[C@H]2O)c(NC(=O)CCNC(=O)[C@H](CCCCNC(=O)CCOC)NC(=O)[C@H](CNC)N2C(=O)C=CC2=O)c1)C(C)C. The fourth-order valence-corrected chi connectivity index (χ4v) is 14.0. The maximum absolute atomic E-state index is 15.0. The summed E-state index contributed by atoms with van der Waals surface area (Å²) in [5.74, 6) is -10.4. The molecule has 2 aromatic rings. The van der Waals surface area contributed by atoms with Crippen LogP contribution in [0.4, 0.5) is 10.5 Å².